The van der Waals surface area contributed by atoms with Crippen molar-refractivity contribution in [2.75, 3.05) is 11.9 Å². The Hall–Kier alpha value is -2.70. The number of benzene rings is 2. The van der Waals surface area contributed by atoms with Gasteiger partial charge in [-0.05, 0) is 23.8 Å². The van der Waals surface area contributed by atoms with Crippen molar-refractivity contribution in [1.29, 1.82) is 0 Å². The fraction of sp³-hybridized carbons (Fsp3) is 0.222. The summed E-state index contributed by atoms with van der Waals surface area (Å²) in [6.07, 6.45) is 0. The van der Waals surface area contributed by atoms with E-state index in [1.165, 1.54) is 0 Å². The number of carbonyl (C=O) groups excluding carboxylic acids is 1. The number of aromatic nitrogens is 1. The average molecular weight is 322 g/mol. The Kier molecular flexibility index (Phi) is 3.76. The van der Waals surface area contributed by atoms with Gasteiger partial charge < -0.3 is 9.73 Å². The lowest BCUT2D eigenvalue weighted by molar-refractivity contribution is -0.119. The normalized spacial score (nSPS) is 20.4. The molecule has 3 aromatic rings. The number of nitrogens with zero attached hydrogens (tertiary/aromatic N) is 1. The van der Waals surface area contributed by atoms with E-state index in [0.29, 0.717) is 12.4 Å². The molecule has 1 fully saturated rings. The molecular weight excluding hydrogens is 304 g/mol. The first-order valence-electron chi connectivity index (χ1n) is 7.92. The maximum atomic E-state index is 12.7. The molecule has 0 spiro atoms. The minimum atomic E-state index is -0.192. The Morgan fingerprint density at radius 2 is 2.08 bits per heavy atom. The van der Waals surface area contributed by atoms with Crippen molar-refractivity contribution in [2.45, 2.75) is 13.0 Å². The summed E-state index contributed by atoms with van der Waals surface area (Å²) in [7, 11) is 0. The molecule has 6 heteroatoms. The van der Waals surface area contributed by atoms with Crippen LogP contribution < -0.4 is 16.2 Å². The number of fused-ring (bicyclic) bond motifs is 1. The van der Waals surface area contributed by atoms with Gasteiger partial charge in [0.1, 0.15) is 5.52 Å². The zero-order valence-corrected chi connectivity index (χ0v) is 13.2. The molecule has 1 saturated heterocycles. The lowest BCUT2D eigenvalue weighted by atomic mass is 9.94. The van der Waals surface area contributed by atoms with Gasteiger partial charge in [-0.15, -0.1) is 0 Å². The second kappa shape index (κ2) is 6.07. The molecule has 1 aromatic heterocycles. The van der Waals surface area contributed by atoms with Crippen LogP contribution in [-0.2, 0) is 4.79 Å². The van der Waals surface area contributed by atoms with Gasteiger partial charge in [-0.3, -0.25) is 10.2 Å². The van der Waals surface area contributed by atoms with Crippen molar-refractivity contribution in [3.63, 3.8) is 0 Å². The van der Waals surface area contributed by atoms with Gasteiger partial charge in [0, 0.05) is 19.2 Å². The largest absolute Gasteiger partial charge is 0.441 e. The molecule has 0 aliphatic carbocycles. The third-order valence-corrected chi connectivity index (χ3v) is 4.24. The number of hydrazine groups is 1. The highest BCUT2D eigenvalue weighted by atomic mass is 16.3. The topological polar surface area (TPSA) is 79.2 Å². The maximum Gasteiger partial charge on any atom is 0.230 e. The zero-order valence-electron chi connectivity index (χ0n) is 13.2. The molecule has 122 valence electrons. The fourth-order valence-electron chi connectivity index (χ4n) is 3.07. The number of aryl methyl sites for hydroxylation is 1. The summed E-state index contributed by atoms with van der Waals surface area (Å²) >= 11 is 0. The third kappa shape index (κ3) is 2.77. The monoisotopic (exact) mass is 322 g/mol. The molecule has 2 aromatic carbocycles. The number of hydrogen-bond donors (Lipinski definition) is 3. The van der Waals surface area contributed by atoms with Gasteiger partial charge in [0.15, 0.2) is 11.5 Å². The van der Waals surface area contributed by atoms with Crippen LogP contribution in [0.2, 0.25) is 0 Å². The van der Waals surface area contributed by atoms with Crippen LogP contribution in [0.15, 0.2) is 52.9 Å². The standard InChI is InChI=1S/C18H18N4O2/c1-11-20-15-9-13(7-8-16(15)24-11)21-18(23)14-10-19-22-17(14)12-5-3-2-4-6-12/h2-9,14,17,19,22H,10H2,1H3,(H,21,23). The second-order valence-corrected chi connectivity index (χ2v) is 5.92. The molecule has 2 atom stereocenters. The Labute approximate surface area is 139 Å². The first-order valence-corrected chi connectivity index (χ1v) is 7.92. The molecular formula is C18H18N4O2. The maximum absolute atomic E-state index is 12.7. The van der Waals surface area contributed by atoms with Crippen LogP contribution in [0, 0.1) is 12.8 Å². The van der Waals surface area contributed by atoms with Crippen LogP contribution in [0.4, 0.5) is 5.69 Å². The highest BCUT2D eigenvalue weighted by molar-refractivity contribution is 5.95. The Balaban J connectivity index is 1.54. The van der Waals surface area contributed by atoms with Crippen LogP contribution in [0.1, 0.15) is 17.5 Å². The highest BCUT2D eigenvalue weighted by Crippen LogP contribution is 2.26. The van der Waals surface area contributed by atoms with Crippen molar-refractivity contribution < 1.29 is 9.21 Å². The summed E-state index contributed by atoms with van der Waals surface area (Å²) < 4.78 is 5.46. The summed E-state index contributed by atoms with van der Waals surface area (Å²) in [6.45, 7) is 2.38. The molecule has 0 bridgehead atoms. The van der Waals surface area contributed by atoms with E-state index in [1.807, 2.05) is 48.5 Å². The first-order chi connectivity index (χ1) is 11.7. The highest BCUT2D eigenvalue weighted by Gasteiger charge is 2.33. The predicted molar refractivity (Wildman–Crippen MR) is 91.2 cm³/mol. The van der Waals surface area contributed by atoms with E-state index >= 15 is 0 Å². The van der Waals surface area contributed by atoms with Gasteiger partial charge in [0.05, 0.1) is 12.0 Å². The molecule has 24 heavy (non-hydrogen) atoms. The molecule has 1 aliphatic rings. The van der Waals surface area contributed by atoms with Gasteiger partial charge in [0.25, 0.3) is 0 Å². The summed E-state index contributed by atoms with van der Waals surface area (Å²) in [6, 6.07) is 15.4. The van der Waals surface area contributed by atoms with E-state index < -0.39 is 0 Å². The molecule has 0 saturated carbocycles. The van der Waals surface area contributed by atoms with E-state index in [0.717, 1.165) is 22.4 Å². The SMILES string of the molecule is Cc1nc2cc(NC(=O)C3CNNC3c3ccccc3)ccc2o1. The van der Waals surface area contributed by atoms with Crippen LogP contribution in [0.3, 0.4) is 0 Å². The van der Waals surface area contributed by atoms with Gasteiger partial charge in [0.2, 0.25) is 5.91 Å². The molecule has 0 radical (unpaired) electrons. The fourth-order valence-corrected chi connectivity index (χ4v) is 3.07. The Morgan fingerprint density at radius 3 is 2.92 bits per heavy atom. The van der Waals surface area contributed by atoms with E-state index in [1.54, 1.807) is 6.92 Å². The lowest BCUT2D eigenvalue weighted by Crippen LogP contribution is -2.29. The van der Waals surface area contributed by atoms with Gasteiger partial charge in [-0.1, -0.05) is 30.3 Å². The van der Waals surface area contributed by atoms with E-state index in [-0.39, 0.29) is 17.9 Å². The number of amides is 1. The van der Waals surface area contributed by atoms with Crippen LogP contribution in [0.5, 0.6) is 0 Å². The zero-order chi connectivity index (χ0) is 16.5. The molecule has 6 nitrogen and oxygen atoms in total. The second-order valence-electron chi connectivity index (χ2n) is 5.92. The number of hydrogen-bond acceptors (Lipinski definition) is 5. The molecule has 3 N–H and O–H groups in total. The molecule has 1 amide bonds. The summed E-state index contributed by atoms with van der Waals surface area (Å²) in [5.74, 6) is 0.393. The van der Waals surface area contributed by atoms with Gasteiger partial charge in [-0.25, -0.2) is 10.4 Å². The smallest absolute Gasteiger partial charge is 0.230 e. The average Bonchev–Trinajstić information content (AvgIpc) is 3.21. The minimum Gasteiger partial charge on any atom is -0.441 e. The number of anilines is 1. The summed E-state index contributed by atoms with van der Waals surface area (Å²) in [5.41, 5.74) is 9.54. The van der Waals surface area contributed by atoms with E-state index in [9.17, 15) is 4.79 Å². The first kappa shape index (κ1) is 14.9. The van der Waals surface area contributed by atoms with Crippen LogP contribution in [-0.4, -0.2) is 17.4 Å². The van der Waals surface area contributed by atoms with Crippen molar-refractivity contribution in [1.82, 2.24) is 15.8 Å². The summed E-state index contributed by atoms with van der Waals surface area (Å²) in [4.78, 5) is 17.0. The van der Waals surface area contributed by atoms with Gasteiger partial charge >= 0.3 is 0 Å². The minimum absolute atomic E-state index is 0.0269. The van der Waals surface area contributed by atoms with E-state index in [4.69, 9.17) is 4.42 Å². The lowest BCUT2D eigenvalue weighted by Gasteiger charge is -2.18. The number of nitrogens with one attached hydrogen (secondary N) is 3. The molecule has 4 rings (SSSR count). The van der Waals surface area contributed by atoms with Crippen molar-refractivity contribution in [3.05, 3.63) is 60.0 Å². The van der Waals surface area contributed by atoms with Crippen molar-refractivity contribution in [3.8, 4) is 0 Å². The third-order valence-electron chi connectivity index (χ3n) is 4.24. The van der Waals surface area contributed by atoms with Gasteiger partial charge in [-0.2, -0.15) is 0 Å². The van der Waals surface area contributed by atoms with Crippen molar-refractivity contribution >= 4 is 22.7 Å². The quantitative estimate of drug-likeness (QED) is 0.690. The number of carbonyl (C=O) groups is 1. The van der Waals surface area contributed by atoms with E-state index in [2.05, 4.69) is 21.2 Å². The molecule has 2 unspecified atom stereocenters. The Bertz CT molecular complexity index is 875. The molecule has 2 heterocycles. The van der Waals surface area contributed by atoms with Crippen LogP contribution >= 0.6 is 0 Å². The van der Waals surface area contributed by atoms with Crippen molar-refractivity contribution in [2.24, 2.45) is 5.92 Å². The summed E-state index contributed by atoms with van der Waals surface area (Å²) in [5, 5.41) is 2.98. The predicted octanol–water partition coefficient (Wildman–Crippen LogP) is 2.54. The number of rotatable bonds is 3. The van der Waals surface area contributed by atoms with Crippen LogP contribution in [0.25, 0.3) is 11.1 Å². The Morgan fingerprint density at radius 1 is 1.25 bits per heavy atom. The molecule has 1 aliphatic heterocycles. The number of oxazole rings is 1.